The van der Waals surface area contributed by atoms with E-state index in [0.717, 1.165) is 0 Å². The molecule has 84 valence electrons. The van der Waals surface area contributed by atoms with Crippen molar-refractivity contribution >= 4 is 24.7 Å². The highest BCUT2D eigenvalue weighted by molar-refractivity contribution is 7.34. The van der Waals surface area contributed by atoms with Crippen LogP contribution in [-0.2, 0) is 4.57 Å². The fourth-order valence-electron chi connectivity index (χ4n) is 1.71. The predicted octanol–water partition coefficient (Wildman–Crippen LogP) is 1.33. The molecule has 0 saturated heterocycles. The van der Waals surface area contributed by atoms with Gasteiger partial charge in [-0.15, -0.1) is 0 Å². The second-order valence-corrected chi connectivity index (χ2v) is 4.21. The van der Waals surface area contributed by atoms with Crippen molar-refractivity contribution in [1.29, 1.82) is 5.26 Å². The fourth-order valence-corrected chi connectivity index (χ4v) is 2.33. The van der Waals surface area contributed by atoms with Gasteiger partial charge in [-0.25, -0.2) is 4.79 Å². The van der Waals surface area contributed by atoms with Gasteiger partial charge in [0.1, 0.15) is 23.0 Å². The maximum atomic E-state index is 11.4. The molecule has 6 heteroatoms. The zero-order valence-corrected chi connectivity index (χ0v) is 9.77. The van der Waals surface area contributed by atoms with Gasteiger partial charge in [-0.2, -0.15) is 5.26 Å². The third-order valence-corrected chi connectivity index (χ3v) is 3.08. The quantitative estimate of drug-likeness (QED) is 0.607. The number of hydrogen-bond acceptors (Lipinski definition) is 5. The van der Waals surface area contributed by atoms with Crippen LogP contribution in [0, 0.1) is 18.3 Å². The highest BCUT2D eigenvalue weighted by atomic mass is 31.1. The molecule has 0 aliphatic heterocycles. The van der Waals surface area contributed by atoms with Crippen LogP contribution in [0.2, 0.25) is 0 Å². The van der Waals surface area contributed by atoms with E-state index >= 15 is 0 Å². The summed E-state index contributed by atoms with van der Waals surface area (Å²) < 4.78 is 16.0. The lowest BCUT2D eigenvalue weighted by Crippen LogP contribution is -2.10. The summed E-state index contributed by atoms with van der Waals surface area (Å²) in [5, 5.41) is 19.0. The average Bonchev–Trinajstić information content (AvgIpc) is 2.27. The molecule has 0 amide bonds. The Morgan fingerprint density at radius 2 is 2.18 bits per heavy atom. The normalized spacial score (nSPS) is 10.6. The predicted molar refractivity (Wildman–Crippen MR) is 62.2 cm³/mol. The first kappa shape index (κ1) is 11.3. The highest BCUT2D eigenvalue weighted by Crippen LogP contribution is 2.24. The number of nitrogens with zero attached hydrogens (tertiary/aromatic N) is 1. The Balaban J connectivity index is 3.09. The first-order valence-electron chi connectivity index (χ1n) is 4.67. The summed E-state index contributed by atoms with van der Waals surface area (Å²) >= 11 is 0. The van der Waals surface area contributed by atoms with Crippen molar-refractivity contribution < 1.29 is 14.1 Å². The lowest BCUT2D eigenvalue weighted by atomic mass is 10.1. The number of phenolic OH excluding ortho intramolecular Hbond substituents is 1. The van der Waals surface area contributed by atoms with Gasteiger partial charge in [-0.05, 0) is 12.5 Å². The molecular formula is C11H7NO4P+. The Hall–Kier alpha value is -2.18. The zero-order valence-electron chi connectivity index (χ0n) is 8.77. The number of fused-ring (bicyclic) bond motifs is 1. The molecule has 2 aromatic rings. The van der Waals surface area contributed by atoms with Gasteiger partial charge in [0.15, 0.2) is 0 Å². The van der Waals surface area contributed by atoms with E-state index in [1.54, 1.807) is 13.0 Å². The third-order valence-electron chi connectivity index (χ3n) is 2.47. The molecule has 0 spiro atoms. The van der Waals surface area contributed by atoms with Crippen molar-refractivity contribution in [2.24, 2.45) is 0 Å². The molecule has 17 heavy (non-hydrogen) atoms. The number of phenols is 1. The third kappa shape index (κ3) is 1.69. The first-order chi connectivity index (χ1) is 8.08. The minimum absolute atomic E-state index is 0.109. The topological polar surface area (TPSA) is 91.3 Å². The van der Waals surface area contributed by atoms with E-state index in [4.69, 9.17) is 9.68 Å². The smallest absolute Gasteiger partial charge is 0.364 e. The summed E-state index contributed by atoms with van der Waals surface area (Å²) in [6, 6.07) is 4.33. The summed E-state index contributed by atoms with van der Waals surface area (Å²) in [6.45, 7) is 1.58. The van der Waals surface area contributed by atoms with Crippen molar-refractivity contribution in [2.45, 2.75) is 6.92 Å². The lowest BCUT2D eigenvalue weighted by Gasteiger charge is -2.02. The average molecular weight is 248 g/mol. The molecule has 0 saturated carbocycles. The number of rotatable bonds is 1. The van der Waals surface area contributed by atoms with Crippen molar-refractivity contribution in [3.63, 3.8) is 0 Å². The van der Waals surface area contributed by atoms with Gasteiger partial charge in [0.2, 0.25) is 5.30 Å². The molecule has 2 rings (SSSR count). The molecule has 0 aliphatic carbocycles. The Morgan fingerprint density at radius 3 is 2.76 bits per heavy atom. The molecule has 0 aliphatic rings. The van der Waals surface area contributed by atoms with Crippen LogP contribution in [0.4, 0.5) is 0 Å². The van der Waals surface area contributed by atoms with Crippen LogP contribution in [0.25, 0.3) is 11.0 Å². The van der Waals surface area contributed by atoms with Gasteiger partial charge in [0, 0.05) is 12.1 Å². The van der Waals surface area contributed by atoms with Crippen molar-refractivity contribution in [3.8, 4) is 11.8 Å². The largest absolute Gasteiger partial charge is 0.508 e. The van der Waals surface area contributed by atoms with E-state index in [2.05, 4.69) is 0 Å². The molecular weight excluding hydrogens is 241 g/mol. The second-order valence-electron chi connectivity index (χ2n) is 3.47. The summed E-state index contributed by atoms with van der Waals surface area (Å²) in [5.74, 6) is -0.136. The summed E-state index contributed by atoms with van der Waals surface area (Å²) in [5.41, 5.74) is -0.326. The Bertz CT molecular complexity index is 727. The monoisotopic (exact) mass is 248 g/mol. The number of aryl methyl sites for hydroxylation is 1. The Morgan fingerprint density at radius 1 is 1.47 bits per heavy atom. The molecule has 0 fully saturated rings. The first-order valence-corrected chi connectivity index (χ1v) is 5.58. The van der Waals surface area contributed by atoms with E-state index in [1.165, 1.54) is 12.1 Å². The standard InChI is InChI=1S/C11H6NO4P/c1-5-7(4-12)11(14)16-8-2-6(13)3-9(17-15)10(5)8/h2-3,13H,1H3/p+1. The van der Waals surface area contributed by atoms with Crippen LogP contribution in [0.1, 0.15) is 11.1 Å². The van der Waals surface area contributed by atoms with E-state index < -0.39 is 14.1 Å². The van der Waals surface area contributed by atoms with Gasteiger partial charge in [0.05, 0.1) is 5.39 Å². The van der Waals surface area contributed by atoms with E-state index in [9.17, 15) is 14.5 Å². The van der Waals surface area contributed by atoms with Crippen LogP contribution in [-0.4, -0.2) is 5.11 Å². The van der Waals surface area contributed by atoms with Crippen molar-refractivity contribution in [3.05, 3.63) is 33.7 Å². The van der Waals surface area contributed by atoms with Crippen LogP contribution in [0.15, 0.2) is 21.3 Å². The zero-order chi connectivity index (χ0) is 12.6. The molecule has 5 nitrogen and oxygen atoms in total. The maximum Gasteiger partial charge on any atom is 0.364 e. The molecule has 1 aromatic carbocycles. The lowest BCUT2D eigenvalue weighted by molar-refractivity contribution is 0.473. The molecule has 1 atom stereocenters. The van der Waals surface area contributed by atoms with Crippen LogP contribution in [0.3, 0.4) is 0 Å². The number of nitriles is 1. The van der Waals surface area contributed by atoms with Gasteiger partial charge in [-0.1, -0.05) is 4.57 Å². The summed E-state index contributed by atoms with van der Waals surface area (Å²) in [6.07, 6.45) is 0. The number of hydrogen-bond donors (Lipinski definition) is 1. The van der Waals surface area contributed by atoms with E-state index in [1.807, 2.05) is 0 Å². The van der Waals surface area contributed by atoms with Crippen LogP contribution in [0.5, 0.6) is 5.75 Å². The fraction of sp³-hybridized carbons (Fsp3) is 0.0909. The maximum absolute atomic E-state index is 11.4. The SMILES string of the molecule is Cc1c(C#N)c(=O)oc2cc(O)cc([PH+]=O)c12. The minimum atomic E-state index is -0.810. The van der Waals surface area contributed by atoms with Crippen LogP contribution >= 0.6 is 8.46 Å². The molecule has 1 N–H and O–H groups in total. The van der Waals surface area contributed by atoms with E-state index in [-0.39, 0.29) is 16.9 Å². The highest BCUT2D eigenvalue weighted by Gasteiger charge is 2.18. The Kier molecular flexibility index (Phi) is 2.66. The van der Waals surface area contributed by atoms with Gasteiger partial charge >= 0.3 is 14.1 Å². The number of benzene rings is 1. The summed E-state index contributed by atoms with van der Waals surface area (Å²) in [4.78, 5) is 11.4. The van der Waals surface area contributed by atoms with Crippen molar-refractivity contribution in [1.82, 2.24) is 0 Å². The van der Waals surface area contributed by atoms with E-state index in [0.29, 0.717) is 16.3 Å². The summed E-state index contributed by atoms with van der Waals surface area (Å²) in [7, 11) is -0.810. The molecule has 1 unspecified atom stereocenters. The molecule has 0 bridgehead atoms. The second kappa shape index (κ2) is 4.00. The molecule has 1 heterocycles. The minimum Gasteiger partial charge on any atom is -0.508 e. The Labute approximate surface area is 97.1 Å². The van der Waals surface area contributed by atoms with Gasteiger partial charge < -0.3 is 9.52 Å². The van der Waals surface area contributed by atoms with Gasteiger partial charge in [0.25, 0.3) is 0 Å². The molecule has 0 radical (unpaired) electrons. The molecule has 1 aromatic heterocycles. The van der Waals surface area contributed by atoms with Crippen LogP contribution < -0.4 is 10.9 Å². The van der Waals surface area contributed by atoms with Gasteiger partial charge in [-0.3, -0.25) is 0 Å². The van der Waals surface area contributed by atoms with Crippen molar-refractivity contribution in [2.75, 3.05) is 0 Å². The number of aromatic hydroxyl groups is 1.